The van der Waals surface area contributed by atoms with Crippen LogP contribution in [-0.2, 0) is 19.1 Å². The van der Waals surface area contributed by atoms with Gasteiger partial charge >= 0.3 is 11.9 Å². The predicted octanol–water partition coefficient (Wildman–Crippen LogP) is 2.31. The number of ether oxygens (including phenoxy) is 2. The van der Waals surface area contributed by atoms with Crippen molar-refractivity contribution in [3.05, 3.63) is 0 Å². The molecule has 2 aliphatic carbocycles. The summed E-state index contributed by atoms with van der Waals surface area (Å²) in [5.74, 6) is 0.0185. The Labute approximate surface area is 108 Å². The van der Waals surface area contributed by atoms with Crippen LogP contribution < -0.4 is 0 Å². The van der Waals surface area contributed by atoms with Crippen LogP contribution in [0, 0.1) is 16.7 Å². The Bertz CT molecular complexity index is 376. The van der Waals surface area contributed by atoms with Gasteiger partial charge in [-0.15, -0.1) is 0 Å². The third-order valence-electron chi connectivity index (χ3n) is 5.31. The first kappa shape index (κ1) is 13.4. The lowest BCUT2D eigenvalue weighted by Crippen LogP contribution is -2.42. The molecule has 2 rings (SSSR count). The maximum absolute atomic E-state index is 11.2. The Morgan fingerprint density at radius 1 is 1.22 bits per heavy atom. The van der Waals surface area contributed by atoms with E-state index in [1.807, 2.05) is 0 Å². The van der Waals surface area contributed by atoms with E-state index in [1.165, 1.54) is 13.8 Å². The van der Waals surface area contributed by atoms with Crippen LogP contribution in [0.15, 0.2) is 0 Å². The van der Waals surface area contributed by atoms with E-state index in [-0.39, 0.29) is 28.9 Å². The molecule has 4 heteroatoms. The van der Waals surface area contributed by atoms with E-state index in [4.69, 9.17) is 9.47 Å². The van der Waals surface area contributed by atoms with Crippen LogP contribution in [0.4, 0.5) is 0 Å². The lowest BCUT2D eigenvalue weighted by molar-refractivity contribution is -0.158. The summed E-state index contributed by atoms with van der Waals surface area (Å²) in [7, 11) is 0. The molecule has 18 heavy (non-hydrogen) atoms. The fourth-order valence-electron chi connectivity index (χ4n) is 3.88. The van der Waals surface area contributed by atoms with Gasteiger partial charge in [-0.25, -0.2) is 0 Å². The van der Waals surface area contributed by atoms with Crippen molar-refractivity contribution in [2.24, 2.45) is 16.7 Å². The Morgan fingerprint density at radius 3 is 2.44 bits per heavy atom. The minimum absolute atomic E-state index is 0.0330. The third kappa shape index (κ3) is 1.82. The first-order valence-electron chi connectivity index (χ1n) is 6.60. The van der Waals surface area contributed by atoms with Crippen molar-refractivity contribution < 1.29 is 19.1 Å². The first-order chi connectivity index (χ1) is 8.29. The van der Waals surface area contributed by atoms with Crippen molar-refractivity contribution in [1.82, 2.24) is 0 Å². The van der Waals surface area contributed by atoms with Crippen LogP contribution >= 0.6 is 0 Å². The molecule has 0 spiro atoms. The number of carbonyl (C=O) groups is 2. The minimum atomic E-state index is -0.241. The first-order valence-corrected chi connectivity index (χ1v) is 6.60. The largest absolute Gasteiger partial charge is 0.465 e. The molecule has 2 fully saturated rings. The molecule has 4 atom stereocenters. The highest BCUT2D eigenvalue weighted by atomic mass is 16.5. The zero-order valence-electron chi connectivity index (χ0n) is 11.6. The zero-order valence-corrected chi connectivity index (χ0v) is 11.6. The summed E-state index contributed by atoms with van der Waals surface area (Å²) in [5.41, 5.74) is -0.141. The van der Waals surface area contributed by atoms with Crippen LogP contribution in [-0.4, -0.2) is 24.6 Å². The second-order valence-corrected chi connectivity index (χ2v) is 6.18. The standard InChI is InChI=1S/C14H22O4/c1-9(15)17-8-14(4)11-5-6-13(14,3)12(7-11)18-10(2)16/h11-12H,5-8H2,1-4H3. The predicted molar refractivity (Wildman–Crippen MR) is 65.7 cm³/mol. The maximum atomic E-state index is 11.2. The van der Waals surface area contributed by atoms with Crippen LogP contribution in [0.1, 0.15) is 47.0 Å². The third-order valence-corrected chi connectivity index (χ3v) is 5.31. The van der Waals surface area contributed by atoms with Gasteiger partial charge in [0.2, 0.25) is 0 Å². The summed E-state index contributed by atoms with van der Waals surface area (Å²) in [6, 6.07) is 0. The topological polar surface area (TPSA) is 52.6 Å². The number of hydrogen-bond acceptors (Lipinski definition) is 4. The fraction of sp³-hybridized carbons (Fsp3) is 0.857. The van der Waals surface area contributed by atoms with E-state index in [1.54, 1.807) is 0 Å². The Balaban J connectivity index is 2.17. The Hall–Kier alpha value is -1.06. The molecule has 0 aromatic heterocycles. The summed E-state index contributed by atoms with van der Waals surface area (Å²) in [4.78, 5) is 22.2. The van der Waals surface area contributed by atoms with Crippen molar-refractivity contribution in [1.29, 1.82) is 0 Å². The molecule has 0 N–H and O–H groups in total. The molecule has 0 saturated heterocycles. The molecular formula is C14H22O4. The summed E-state index contributed by atoms with van der Waals surface area (Å²) >= 11 is 0. The summed E-state index contributed by atoms with van der Waals surface area (Å²) in [5, 5.41) is 0. The summed E-state index contributed by atoms with van der Waals surface area (Å²) in [6.45, 7) is 7.65. The van der Waals surface area contributed by atoms with Crippen LogP contribution in [0.3, 0.4) is 0 Å². The average molecular weight is 254 g/mol. The monoisotopic (exact) mass is 254 g/mol. The molecule has 4 nitrogen and oxygen atoms in total. The lowest BCUT2D eigenvalue weighted by atomic mass is 9.69. The highest BCUT2D eigenvalue weighted by Crippen LogP contribution is 2.66. The molecule has 0 aromatic carbocycles. The quantitative estimate of drug-likeness (QED) is 0.725. The van der Waals surface area contributed by atoms with Gasteiger partial charge in [-0.3, -0.25) is 9.59 Å². The molecule has 0 aromatic rings. The SMILES string of the molecule is CC(=O)OCC1(C)C2CCC1(C)C(OC(C)=O)C2. The van der Waals surface area contributed by atoms with Crippen molar-refractivity contribution in [3.8, 4) is 0 Å². The lowest BCUT2D eigenvalue weighted by Gasteiger charge is -2.40. The molecule has 4 unspecified atom stereocenters. The molecule has 0 aliphatic heterocycles. The van der Waals surface area contributed by atoms with Crippen molar-refractivity contribution in [2.45, 2.75) is 53.1 Å². The minimum Gasteiger partial charge on any atom is -0.465 e. The molecular weight excluding hydrogens is 232 g/mol. The van der Waals surface area contributed by atoms with E-state index in [0.717, 1.165) is 19.3 Å². The highest BCUT2D eigenvalue weighted by Gasteiger charge is 2.65. The maximum Gasteiger partial charge on any atom is 0.302 e. The van der Waals surface area contributed by atoms with Crippen molar-refractivity contribution in [2.75, 3.05) is 6.61 Å². The number of hydrogen-bond donors (Lipinski definition) is 0. The molecule has 2 bridgehead atoms. The fourth-order valence-corrected chi connectivity index (χ4v) is 3.88. The number of fused-ring (bicyclic) bond motifs is 2. The van der Waals surface area contributed by atoms with Gasteiger partial charge in [0.05, 0.1) is 6.61 Å². The van der Waals surface area contributed by atoms with Crippen LogP contribution in [0.5, 0.6) is 0 Å². The number of esters is 2. The highest BCUT2D eigenvalue weighted by molar-refractivity contribution is 5.66. The summed E-state index contributed by atoms with van der Waals surface area (Å²) in [6.07, 6.45) is 3.03. The Morgan fingerprint density at radius 2 is 1.89 bits per heavy atom. The van der Waals surface area contributed by atoms with Crippen LogP contribution in [0.25, 0.3) is 0 Å². The normalized spacial score (nSPS) is 41.8. The van der Waals surface area contributed by atoms with Gasteiger partial charge in [0.15, 0.2) is 0 Å². The van der Waals surface area contributed by atoms with E-state index < -0.39 is 0 Å². The van der Waals surface area contributed by atoms with Gasteiger partial charge in [0, 0.05) is 24.7 Å². The summed E-state index contributed by atoms with van der Waals surface area (Å²) < 4.78 is 10.7. The van der Waals surface area contributed by atoms with Crippen LogP contribution in [0.2, 0.25) is 0 Å². The van der Waals surface area contributed by atoms with E-state index in [0.29, 0.717) is 12.5 Å². The Kier molecular flexibility index (Phi) is 3.16. The van der Waals surface area contributed by atoms with Gasteiger partial charge < -0.3 is 9.47 Å². The van der Waals surface area contributed by atoms with Crippen molar-refractivity contribution >= 4 is 11.9 Å². The van der Waals surface area contributed by atoms with Gasteiger partial charge in [-0.1, -0.05) is 13.8 Å². The molecule has 2 aliphatic rings. The molecule has 0 amide bonds. The molecule has 0 heterocycles. The van der Waals surface area contributed by atoms with Gasteiger partial charge in [-0.05, 0) is 25.2 Å². The van der Waals surface area contributed by atoms with Gasteiger partial charge in [0.25, 0.3) is 0 Å². The van der Waals surface area contributed by atoms with Gasteiger partial charge in [-0.2, -0.15) is 0 Å². The number of carbonyl (C=O) groups excluding carboxylic acids is 2. The molecule has 102 valence electrons. The van der Waals surface area contributed by atoms with E-state index >= 15 is 0 Å². The second kappa shape index (κ2) is 4.25. The molecule has 2 saturated carbocycles. The van der Waals surface area contributed by atoms with Gasteiger partial charge in [0.1, 0.15) is 6.10 Å². The van der Waals surface area contributed by atoms with E-state index in [9.17, 15) is 9.59 Å². The van der Waals surface area contributed by atoms with Crippen molar-refractivity contribution in [3.63, 3.8) is 0 Å². The molecule has 0 radical (unpaired) electrons. The smallest absolute Gasteiger partial charge is 0.302 e. The van der Waals surface area contributed by atoms with E-state index in [2.05, 4.69) is 13.8 Å². The average Bonchev–Trinajstić information content (AvgIpc) is 2.61. The second-order valence-electron chi connectivity index (χ2n) is 6.18. The zero-order chi connectivity index (χ0) is 13.6. The number of rotatable bonds is 3.